The standard InChI is InChI=1S/C132H104N6/c1-89-69-127(103-37-18-8-19-38-103)133-83-111(89)55-51-93-73-94(52-56-112-84-134-128(70-90(112)2)104-39-20-9-21-40-104)76-115(75-93)117-47-26-28-49-119(117)125-87-137-131(81-123(125)102-63-59-99(60-64-102)97-31-12-5-13-32-97)107-65-61-100(62-66-107)108-45-30-46-110(79-108)130-72-92(4)114(86-136-130)58-54-96-74-95(53-57-113-85-135-129(71-91(113)3)105-41-22-10-23-42-105)77-116(78-96)118-48-27-29-50-120(118)126-88-138-132(106-43-24-11-25-44-106)82-124(126)121-68-67-109(98-33-14-6-15-34-98)80-122(121)101-35-16-7-17-36-101/h5-50,59-88H,51-58H2,1-4H3. The number of benzene rings is 15. The summed E-state index contributed by atoms with van der Waals surface area (Å²) in [6.07, 6.45) is 19.4. The third-order valence-electron chi connectivity index (χ3n) is 27.3. The van der Waals surface area contributed by atoms with Crippen LogP contribution in [0.25, 0.3) is 179 Å². The highest BCUT2D eigenvalue weighted by Gasteiger charge is 2.24. The summed E-state index contributed by atoms with van der Waals surface area (Å²) in [5.41, 5.74) is 50.0. The predicted molar refractivity (Wildman–Crippen MR) is 575 cm³/mol. The number of aryl methyl sites for hydroxylation is 12. The lowest BCUT2D eigenvalue weighted by Gasteiger charge is -2.20. The van der Waals surface area contributed by atoms with E-state index >= 15 is 0 Å². The van der Waals surface area contributed by atoms with Crippen molar-refractivity contribution in [3.8, 4) is 179 Å². The summed E-state index contributed by atoms with van der Waals surface area (Å²) < 4.78 is 0. The van der Waals surface area contributed by atoms with Crippen molar-refractivity contribution in [3.63, 3.8) is 0 Å². The minimum Gasteiger partial charge on any atom is -0.256 e. The number of nitrogens with zero attached hydrogens (tertiary/aromatic N) is 6. The molecule has 0 bridgehead atoms. The van der Waals surface area contributed by atoms with Gasteiger partial charge in [0.2, 0.25) is 0 Å². The molecule has 6 heterocycles. The van der Waals surface area contributed by atoms with Crippen LogP contribution in [-0.2, 0) is 51.4 Å². The Morgan fingerprint density at radius 2 is 0.370 bits per heavy atom. The lowest BCUT2D eigenvalue weighted by Crippen LogP contribution is -2.01. The fourth-order valence-electron chi connectivity index (χ4n) is 19.6. The maximum Gasteiger partial charge on any atom is 0.0708 e. The van der Waals surface area contributed by atoms with Gasteiger partial charge in [0.1, 0.15) is 0 Å². The Morgan fingerprint density at radius 1 is 0.130 bits per heavy atom. The molecule has 0 saturated heterocycles. The van der Waals surface area contributed by atoms with Crippen LogP contribution in [0.15, 0.2) is 462 Å². The van der Waals surface area contributed by atoms with E-state index in [0.717, 1.165) is 202 Å². The minimum absolute atomic E-state index is 0.815. The molecule has 0 amide bonds. The Labute approximate surface area is 810 Å². The molecule has 21 aromatic rings. The summed E-state index contributed by atoms with van der Waals surface area (Å²) in [6, 6.07) is 154. The van der Waals surface area contributed by atoms with Gasteiger partial charge in [-0.2, -0.15) is 0 Å². The van der Waals surface area contributed by atoms with Crippen molar-refractivity contribution in [2.24, 2.45) is 0 Å². The van der Waals surface area contributed by atoms with Gasteiger partial charge < -0.3 is 0 Å². The summed E-state index contributed by atoms with van der Waals surface area (Å²) >= 11 is 0. The van der Waals surface area contributed by atoms with Crippen molar-refractivity contribution in [2.45, 2.75) is 79.1 Å². The van der Waals surface area contributed by atoms with Crippen LogP contribution < -0.4 is 0 Å². The van der Waals surface area contributed by atoms with Crippen molar-refractivity contribution in [1.29, 1.82) is 0 Å². The molecule has 0 fully saturated rings. The second kappa shape index (κ2) is 40.6. The minimum atomic E-state index is 0.815. The first-order valence-corrected chi connectivity index (χ1v) is 48.1. The van der Waals surface area contributed by atoms with Gasteiger partial charge in [-0.25, -0.2) is 0 Å². The van der Waals surface area contributed by atoms with Crippen LogP contribution in [0.4, 0.5) is 0 Å². The molecule has 0 aliphatic rings. The van der Waals surface area contributed by atoms with Crippen molar-refractivity contribution in [1.82, 2.24) is 29.9 Å². The van der Waals surface area contributed by atoms with E-state index in [-0.39, 0.29) is 0 Å². The summed E-state index contributed by atoms with van der Waals surface area (Å²) in [7, 11) is 0. The fourth-order valence-corrected chi connectivity index (χ4v) is 19.6. The number of hydrogen-bond acceptors (Lipinski definition) is 6. The molecule has 138 heavy (non-hydrogen) atoms. The summed E-state index contributed by atoms with van der Waals surface area (Å²) in [4.78, 5) is 31.1. The highest BCUT2D eigenvalue weighted by molar-refractivity contribution is 5.99. The molecular weight excluding hydrogens is 1670 g/mol. The van der Waals surface area contributed by atoms with Gasteiger partial charge in [-0.15, -0.1) is 0 Å². The zero-order chi connectivity index (χ0) is 93.0. The van der Waals surface area contributed by atoms with Crippen LogP contribution in [-0.4, -0.2) is 29.9 Å². The average Bonchev–Trinajstić information content (AvgIpc) is 0.756. The zero-order valence-electron chi connectivity index (χ0n) is 78.2. The molecule has 0 aliphatic carbocycles. The van der Waals surface area contributed by atoms with E-state index in [0.29, 0.717) is 0 Å². The van der Waals surface area contributed by atoms with Gasteiger partial charge in [0, 0.05) is 81.7 Å². The molecule has 21 rings (SSSR count). The van der Waals surface area contributed by atoms with Crippen molar-refractivity contribution in [2.75, 3.05) is 0 Å². The average molecular weight is 1770 g/mol. The fraction of sp³-hybridized carbons (Fsp3) is 0.0909. The quantitative estimate of drug-likeness (QED) is 0.0486. The molecule has 0 N–H and O–H groups in total. The lowest BCUT2D eigenvalue weighted by atomic mass is 9.85. The highest BCUT2D eigenvalue weighted by Crippen LogP contribution is 2.47. The van der Waals surface area contributed by atoms with Crippen molar-refractivity contribution < 1.29 is 0 Å². The van der Waals surface area contributed by atoms with Crippen LogP contribution >= 0.6 is 0 Å². The maximum atomic E-state index is 5.42. The van der Waals surface area contributed by atoms with Crippen molar-refractivity contribution >= 4 is 0 Å². The number of aromatic nitrogens is 6. The van der Waals surface area contributed by atoms with Gasteiger partial charge in [-0.05, 0) is 294 Å². The van der Waals surface area contributed by atoms with Crippen LogP contribution in [0, 0.1) is 27.7 Å². The third kappa shape index (κ3) is 19.8. The van der Waals surface area contributed by atoms with Crippen LogP contribution in [0.1, 0.15) is 66.8 Å². The molecule has 0 aliphatic heterocycles. The SMILES string of the molecule is Cc1cc(-c2ccccc2)ncc1CCc1cc(CCc2cnc(-c3ccccc3)cc2C)cc(-c2ccccc2-c2cnc(-c3ccc(-c4cccc(-c5cc(C)c(CCc6cc(CCc7cnc(-c8ccccc8)cc7C)cc(-c7ccccc7-c7cnc(-c8ccccc8)cc7-c7ccc(-c8ccccc8)cc7-c7ccccc7)c6)cn5)c4)cc3)cc2-c2ccc(-c3ccccc3)cc2)c1. The Kier molecular flexibility index (Phi) is 25.8. The van der Waals surface area contributed by atoms with Gasteiger partial charge in [0.25, 0.3) is 0 Å². The first-order chi connectivity index (χ1) is 68.0. The monoisotopic (exact) mass is 1770 g/mol. The number of hydrogen-bond donors (Lipinski definition) is 0. The normalized spacial score (nSPS) is 11.3. The summed E-state index contributed by atoms with van der Waals surface area (Å²) in [5, 5.41) is 0. The molecule has 0 spiro atoms. The third-order valence-corrected chi connectivity index (χ3v) is 27.3. The van der Waals surface area contributed by atoms with E-state index in [1.165, 1.54) is 94.6 Å². The molecule has 0 unspecified atom stereocenters. The Bertz CT molecular complexity index is 7810. The van der Waals surface area contributed by atoms with Gasteiger partial charge in [-0.3, -0.25) is 29.9 Å². The molecule has 662 valence electrons. The zero-order valence-corrected chi connectivity index (χ0v) is 78.2. The number of pyridine rings is 6. The Morgan fingerprint density at radius 3 is 0.761 bits per heavy atom. The molecule has 0 radical (unpaired) electrons. The van der Waals surface area contributed by atoms with Gasteiger partial charge >= 0.3 is 0 Å². The molecule has 15 aromatic carbocycles. The second-order valence-corrected chi connectivity index (χ2v) is 36.4. The van der Waals surface area contributed by atoms with E-state index in [4.69, 9.17) is 29.9 Å². The van der Waals surface area contributed by atoms with E-state index < -0.39 is 0 Å². The van der Waals surface area contributed by atoms with Crippen LogP contribution in [0.5, 0.6) is 0 Å². The molecule has 0 saturated carbocycles. The molecule has 6 heteroatoms. The van der Waals surface area contributed by atoms with E-state index in [9.17, 15) is 0 Å². The molecule has 0 atom stereocenters. The van der Waals surface area contributed by atoms with E-state index in [1.807, 2.05) is 0 Å². The molecule has 6 aromatic heterocycles. The maximum absolute atomic E-state index is 5.42. The summed E-state index contributed by atoms with van der Waals surface area (Å²) in [5.74, 6) is 0. The van der Waals surface area contributed by atoms with Gasteiger partial charge in [0.05, 0.1) is 34.2 Å². The first-order valence-electron chi connectivity index (χ1n) is 48.1. The topological polar surface area (TPSA) is 77.3 Å². The lowest BCUT2D eigenvalue weighted by molar-refractivity contribution is 0.913. The van der Waals surface area contributed by atoms with Gasteiger partial charge in [0.15, 0.2) is 0 Å². The van der Waals surface area contributed by atoms with Crippen LogP contribution in [0.2, 0.25) is 0 Å². The highest BCUT2D eigenvalue weighted by atomic mass is 14.7. The number of rotatable bonds is 28. The molecule has 6 nitrogen and oxygen atoms in total. The Hall–Kier alpha value is -16.8. The summed E-state index contributed by atoms with van der Waals surface area (Å²) in [6.45, 7) is 8.91. The van der Waals surface area contributed by atoms with E-state index in [2.05, 4.69) is 490 Å². The Balaban J connectivity index is 0.575. The predicted octanol–water partition coefficient (Wildman–Crippen LogP) is 33.1. The van der Waals surface area contributed by atoms with Crippen molar-refractivity contribution in [3.05, 3.63) is 529 Å². The largest absolute Gasteiger partial charge is 0.256 e. The smallest absolute Gasteiger partial charge is 0.0708 e. The molecular formula is C132H104N6. The first kappa shape index (κ1) is 87.8. The van der Waals surface area contributed by atoms with Gasteiger partial charge in [-0.1, -0.05) is 376 Å². The second-order valence-electron chi connectivity index (χ2n) is 36.4. The van der Waals surface area contributed by atoms with E-state index in [1.54, 1.807) is 0 Å². The van der Waals surface area contributed by atoms with Crippen LogP contribution in [0.3, 0.4) is 0 Å².